The van der Waals surface area contributed by atoms with Crippen molar-refractivity contribution in [2.24, 2.45) is 11.8 Å². The molecule has 2 unspecified atom stereocenters. The third-order valence-corrected chi connectivity index (χ3v) is 6.66. The number of nitrogens with zero attached hydrogens (tertiary/aromatic N) is 3. The molecule has 2 saturated heterocycles. The van der Waals surface area contributed by atoms with E-state index >= 15 is 0 Å². The number of hydrogen-bond donors (Lipinski definition) is 0. The monoisotopic (exact) mass is 377 g/mol. The second-order valence-corrected chi connectivity index (χ2v) is 8.68. The Hall–Kier alpha value is -2.20. The number of likely N-dealkylation sites (tertiary alicyclic amines) is 2. The first-order valence-corrected chi connectivity index (χ1v) is 10.5. The highest BCUT2D eigenvalue weighted by Gasteiger charge is 2.41. The summed E-state index contributed by atoms with van der Waals surface area (Å²) in [5.41, 5.74) is 4.11. The Morgan fingerprint density at radius 1 is 1.07 bits per heavy atom. The van der Waals surface area contributed by atoms with E-state index in [0.717, 1.165) is 49.5 Å². The molecule has 0 N–H and O–H groups in total. The number of amides is 1. The number of benzene rings is 1. The quantitative estimate of drug-likeness (QED) is 0.793. The van der Waals surface area contributed by atoms with Crippen molar-refractivity contribution >= 4 is 5.91 Å². The van der Waals surface area contributed by atoms with E-state index in [9.17, 15) is 4.79 Å². The van der Waals surface area contributed by atoms with Gasteiger partial charge in [-0.1, -0.05) is 37.3 Å². The van der Waals surface area contributed by atoms with Gasteiger partial charge in [-0.05, 0) is 61.8 Å². The van der Waals surface area contributed by atoms with Crippen LogP contribution >= 0.6 is 0 Å². The molecule has 3 heterocycles. The molecule has 1 aromatic heterocycles. The molecule has 2 aromatic rings. The van der Waals surface area contributed by atoms with Crippen LogP contribution in [0.15, 0.2) is 42.6 Å². The van der Waals surface area contributed by atoms with Crippen LogP contribution in [0.4, 0.5) is 0 Å². The number of pyridine rings is 1. The third kappa shape index (κ3) is 3.83. The molecule has 0 bridgehead atoms. The van der Waals surface area contributed by atoms with Gasteiger partial charge in [0.1, 0.15) is 0 Å². The zero-order valence-electron chi connectivity index (χ0n) is 17.3. The van der Waals surface area contributed by atoms with Gasteiger partial charge in [-0.15, -0.1) is 0 Å². The summed E-state index contributed by atoms with van der Waals surface area (Å²) in [6.07, 6.45) is 2.98. The zero-order chi connectivity index (χ0) is 19.7. The summed E-state index contributed by atoms with van der Waals surface area (Å²) in [4.78, 5) is 22.0. The summed E-state index contributed by atoms with van der Waals surface area (Å²) in [5, 5.41) is 0. The van der Waals surface area contributed by atoms with Crippen molar-refractivity contribution in [3.05, 3.63) is 65.0 Å². The van der Waals surface area contributed by atoms with Crippen molar-refractivity contribution in [3.8, 4) is 0 Å². The normalized spacial score (nSPS) is 23.0. The molecule has 0 spiro atoms. The highest BCUT2D eigenvalue weighted by molar-refractivity contribution is 5.96. The standard InChI is InChI=1S/C24H31N3O/c1-17(20-7-5-4-6-8-20)10-12-26-13-21-15-27(16-22(21)14-26)24(28)23-18(2)9-11-25-19(23)3/h4-9,11,17,21-22H,10,12-16H2,1-3H3/t17-,21?,22?/m0/s1. The number of hydrogen-bond acceptors (Lipinski definition) is 3. The number of carbonyl (C=O) groups is 1. The van der Waals surface area contributed by atoms with Crippen LogP contribution in [-0.2, 0) is 0 Å². The van der Waals surface area contributed by atoms with Crippen LogP contribution in [0.25, 0.3) is 0 Å². The van der Waals surface area contributed by atoms with Gasteiger partial charge in [0.2, 0.25) is 0 Å². The van der Waals surface area contributed by atoms with Gasteiger partial charge in [0, 0.05) is 32.4 Å². The number of fused-ring (bicyclic) bond motifs is 1. The first kappa shape index (κ1) is 19.1. The second kappa shape index (κ2) is 8.04. The topological polar surface area (TPSA) is 36.4 Å². The smallest absolute Gasteiger partial charge is 0.255 e. The number of aromatic nitrogens is 1. The molecule has 4 heteroatoms. The SMILES string of the molecule is Cc1ccnc(C)c1C(=O)N1CC2CN(CC[C@H](C)c3ccccc3)CC2C1. The molecular formula is C24H31N3O. The molecule has 4 rings (SSSR count). The molecule has 4 nitrogen and oxygen atoms in total. The Morgan fingerprint density at radius 2 is 1.75 bits per heavy atom. The first-order valence-electron chi connectivity index (χ1n) is 10.5. The average Bonchev–Trinajstić information content (AvgIpc) is 3.25. The number of rotatable bonds is 5. The lowest BCUT2D eigenvalue weighted by Gasteiger charge is -2.23. The van der Waals surface area contributed by atoms with E-state index in [0.29, 0.717) is 17.8 Å². The summed E-state index contributed by atoms with van der Waals surface area (Å²) in [7, 11) is 0. The summed E-state index contributed by atoms with van der Waals surface area (Å²) >= 11 is 0. The van der Waals surface area contributed by atoms with Crippen LogP contribution in [0.2, 0.25) is 0 Å². The lowest BCUT2D eigenvalue weighted by atomic mass is 9.98. The Bertz CT molecular complexity index is 801. The number of carbonyl (C=O) groups excluding carboxylic acids is 1. The summed E-state index contributed by atoms with van der Waals surface area (Å²) in [6, 6.07) is 12.7. The molecular weight excluding hydrogens is 346 g/mol. The van der Waals surface area contributed by atoms with Crippen LogP contribution in [0.5, 0.6) is 0 Å². The van der Waals surface area contributed by atoms with E-state index in [-0.39, 0.29) is 5.91 Å². The average molecular weight is 378 g/mol. The van der Waals surface area contributed by atoms with Crippen LogP contribution < -0.4 is 0 Å². The number of aryl methyl sites for hydroxylation is 2. The van der Waals surface area contributed by atoms with Gasteiger partial charge < -0.3 is 9.80 Å². The van der Waals surface area contributed by atoms with Gasteiger partial charge >= 0.3 is 0 Å². The minimum atomic E-state index is 0.168. The third-order valence-electron chi connectivity index (χ3n) is 6.66. The molecule has 28 heavy (non-hydrogen) atoms. The van der Waals surface area contributed by atoms with Crippen molar-refractivity contribution in [2.75, 3.05) is 32.7 Å². The van der Waals surface area contributed by atoms with Crippen LogP contribution in [0.3, 0.4) is 0 Å². The highest BCUT2D eigenvalue weighted by Crippen LogP contribution is 2.33. The van der Waals surface area contributed by atoms with E-state index in [1.165, 1.54) is 12.0 Å². The van der Waals surface area contributed by atoms with Crippen molar-refractivity contribution < 1.29 is 4.79 Å². The van der Waals surface area contributed by atoms with E-state index < -0.39 is 0 Å². The van der Waals surface area contributed by atoms with Gasteiger partial charge in [-0.3, -0.25) is 9.78 Å². The van der Waals surface area contributed by atoms with Crippen molar-refractivity contribution in [1.82, 2.24) is 14.8 Å². The van der Waals surface area contributed by atoms with E-state index in [4.69, 9.17) is 0 Å². The van der Waals surface area contributed by atoms with Gasteiger partial charge in [0.05, 0.1) is 11.3 Å². The summed E-state index contributed by atoms with van der Waals surface area (Å²) in [6.45, 7) is 11.5. The molecule has 1 aromatic carbocycles. The Balaban J connectivity index is 1.31. The van der Waals surface area contributed by atoms with Crippen molar-refractivity contribution in [2.45, 2.75) is 33.1 Å². The fourth-order valence-electron chi connectivity index (χ4n) is 4.94. The van der Waals surface area contributed by atoms with E-state index in [1.807, 2.05) is 19.9 Å². The molecule has 2 aliphatic rings. The lowest BCUT2D eigenvalue weighted by Crippen LogP contribution is -2.34. The fraction of sp³-hybridized carbons (Fsp3) is 0.500. The summed E-state index contributed by atoms with van der Waals surface area (Å²) in [5.74, 6) is 2.00. The van der Waals surface area contributed by atoms with Gasteiger partial charge in [-0.2, -0.15) is 0 Å². The van der Waals surface area contributed by atoms with Gasteiger partial charge in [0.25, 0.3) is 5.91 Å². The van der Waals surface area contributed by atoms with Crippen LogP contribution in [0.1, 0.15) is 46.4 Å². The maximum Gasteiger partial charge on any atom is 0.255 e. The molecule has 1 amide bonds. The maximum absolute atomic E-state index is 13.0. The molecule has 3 atom stereocenters. The largest absolute Gasteiger partial charge is 0.338 e. The lowest BCUT2D eigenvalue weighted by molar-refractivity contribution is 0.0772. The predicted octanol–water partition coefficient (Wildman–Crippen LogP) is 3.90. The Morgan fingerprint density at radius 3 is 2.39 bits per heavy atom. The molecule has 2 aliphatic heterocycles. The second-order valence-electron chi connectivity index (χ2n) is 8.68. The van der Waals surface area contributed by atoms with Crippen molar-refractivity contribution in [3.63, 3.8) is 0 Å². The van der Waals surface area contributed by atoms with Gasteiger partial charge in [0.15, 0.2) is 0 Å². The maximum atomic E-state index is 13.0. The van der Waals surface area contributed by atoms with Crippen LogP contribution in [0, 0.1) is 25.7 Å². The Labute approximate surface area is 168 Å². The van der Waals surface area contributed by atoms with Crippen molar-refractivity contribution in [1.29, 1.82) is 0 Å². The zero-order valence-corrected chi connectivity index (χ0v) is 17.3. The minimum Gasteiger partial charge on any atom is -0.338 e. The van der Waals surface area contributed by atoms with E-state index in [2.05, 4.69) is 52.0 Å². The molecule has 0 saturated carbocycles. The first-order chi connectivity index (χ1) is 13.5. The summed E-state index contributed by atoms with van der Waals surface area (Å²) < 4.78 is 0. The predicted molar refractivity (Wildman–Crippen MR) is 113 cm³/mol. The van der Waals surface area contributed by atoms with Gasteiger partial charge in [-0.25, -0.2) is 0 Å². The fourth-order valence-corrected chi connectivity index (χ4v) is 4.94. The molecule has 2 fully saturated rings. The highest BCUT2D eigenvalue weighted by atomic mass is 16.2. The van der Waals surface area contributed by atoms with Crippen LogP contribution in [-0.4, -0.2) is 53.4 Å². The minimum absolute atomic E-state index is 0.168. The van der Waals surface area contributed by atoms with E-state index in [1.54, 1.807) is 6.20 Å². The Kier molecular flexibility index (Phi) is 5.49. The molecule has 0 radical (unpaired) electrons. The molecule has 148 valence electrons. The molecule has 0 aliphatic carbocycles.